The minimum atomic E-state index is 0.656. The van der Waals surface area contributed by atoms with Gasteiger partial charge in [0.15, 0.2) is 0 Å². The van der Waals surface area contributed by atoms with E-state index in [0.717, 1.165) is 31.9 Å². The van der Waals surface area contributed by atoms with Crippen molar-refractivity contribution in [3.63, 3.8) is 0 Å². The number of imidazole rings is 1. The maximum atomic E-state index is 5.43. The standard InChI is InChI=1S/C13H23N3O2/c1-17-10-11-18-9-3-2-7-16-8-6-14-13(16)15-12-4-5-12/h6,8,12H,2-5,7,9-11H2,1H3,(H,14,15). The molecule has 0 aliphatic heterocycles. The van der Waals surface area contributed by atoms with Crippen LogP contribution < -0.4 is 5.32 Å². The molecule has 0 saturated heterocycles. The first-order chi connectivity index (χ1) is 8.90. The molecule has 1 fully saturated rings. The van der Waals surface area contributed by atoms with Gasteiger partial charge in [-0.1, -0.05) is 0 Å². The van der Waals surface area contributed by atoms with Crippen molar-refractivity contribution < 1.29 is 9.47 Å². The van der Waals surface area contributed by atoms with Crippen molar-refractivity contribution >= 4 is 5.95 Å². The van der Waals surface area contributed by atoms with E-state index in [4.69, 9.17) is 9.47 Å². The molecule has 0 amide bonds. The number of hydrogen-bond acceptors (Lipinski definition) is 4. The summed E-state index contributed by atoms with van der Waals surface area (Å²) in [4.78, 5) is 4.34. The van der Waals surface area contributed by atoms with E-state index in [1.165, 1.54) is 12.8 Å². The van der Waals surface area contributed by atoms with Gasteiger partial charge in [0.1, 0.15) is 0 Å². The summed E-state index contributed by atoms with van der Waals surface area (Å²) in [5, 5.41) is 3.44. The minimum absolute atomic E-state index is 0.656. The first-order valence-corrected chi connectivity index (χ1v) is 6.74. The van der Waals surface area contributed by atoms with Crippen molar-refractivity contribution in [3.05, 3.63) is 12.4 Å². The Morgan fingerprint density at radius 3 is 3.00 bits per heavy atom. The maximum absolute atomic E-state index is 5.43. The average Bonchev–Trinajstić information content (AvgIpc) is 3.08. The van der Waals surface area contributed by atoms with Crippen LogP contribution in [0.3, 0.4) is 0 Å². The van der Waals surface area contributed by atoms with E-state index in [2.05, 4.69) is 14.9 Å². The van der Waals surface area contributed by atoms with Gasteiger partial charge in [0.25, 0.3) is 0 Å². The molecule has 0 aromatic carbocycles. The average molecular weight is 253 g/mol. The molecule has 1 aromatic rings. The molecule has 1 aromatic heterocycles. The lowest BCUT2D eigenvalue weighted by Gasteiger charge is -2.09. The van der Waals surface area contributed by atoms with Crippen molar-refractivity contribution in [3.8, 4) is 0 Å². The van der Waals surface area contributed by atoms with Gasteiger partial charge in [-0.15, -0.1) is 0 Å². The number of methoxy groups -OCH3 is 1. The summed E-state index contributed by atoms with van der Waals surface area (Å²) in [5.74, 6) is 1.01. The maximum Gasteiger partial charge on any atom is 0.202 e. The summed E-state index contributed by atoms with van der Waals surface area (Å²) in [6.07, 6.45) is 8.64. The molecule has 5 nitrogen and oxygen atoms in total. The fourth-order valence-corrected chi connectivity index (χ4v) is 1.77. The lowest BCUT2D eigenvalue weighted by molar-refractivity contribution is 0.0684. The molecular weight excluding hydrogens is 230 g/mol. The van der Waals surface area contributed by atoms with Gasteiger partial charge in [-0.25, -0.2) is 4.98 Å². The highest BCUT2D eigenvalue weighted by Crippen LogP contribution is 2.23. The van der Waals surface area contributed by atoms with Gasteiger partial charge < -0.3 is 19.4 Å². The van der Waals surface area contributed by atoms with E-state index in [0.29, 0.717) is 19.3 Å². The second kappa shape index (κ2) is 7.38. The molecule has 2 rings (SSSR count). The van der Waals surface area contributed by atoms with Crippen LogP contribution in [0.1, 0.15) is 25.7 Å². The summed E-state index contributed by atoms with van der Waals surface area (Å²) >= 11 is 0. The van der Waals surface area contributed by atoms with Gasteiger partial charge in [0, 0.05) is 38.7 Å². The van der Waals surface area contributed by atoms with E-state index in [1.807, 2.05) is 12.4 Å². The zero-order chi connectivity index (χ0) is 12.6. The van der Waals surface area contributed by atoms with Crippen LogP contribution in [-0.4, -0.2) is 42.5 Å². The molecule has 1 N–H and O–H groups in total. The Labute approximate surface area is 108 Å². The Bertz CT molecular complexity index is 337. The van der Waals surface area contributed by atoms with Crippen LogP contribution in [0.4, 0.5) is 5.95 Å². The van der Waals surface area contributed by atoms with Crippen LogP contribution in [0.5, 0.6) is 0 Å². The van der Waals surface area contributed by atoms with Crippen molar-refractivity contribution in [2.45, 2.75) is 38.3 Å². The van der Waals surface area contributed by atoms with Gasteiger partial charge in [-0.3, -0.25) is 0 Å². The Morgan fingerprint density at radius 1 is 1.33 bits per heavy atom. The number of hydrogen-bond donors (Lipinski definition) is 1. The SMILES string of the molecule is COCCOCCCCn1ccnc1NC1CC1. The van der Waals surface area contributed by atoms with Crippen molar-refractivity contribution in [1.82, 2.24) is 9.55 Å². The molecule has 102 valence electrons. The van der Waals surface area contributed by atoms with E-state index < -0.39 is 0 Å². The number of nitrogens with zero attached hydrogens (tertiary/aromatic N) is 2. The molecule has 1 heterocycles. The summed E-state index contributed by atoms with van der Waals surface area (Å²) < 4.78 is 12.5. The van der Waals surface area contributed by atoms with Crippen LogP contribution >= 0.6 is 0 Å². The first kappa shape index (κ1) is 13.4. The van der Waals surface area contributed by atoms with E-state index in [1.54, 1.807) is 7.11 Å². The molecule has 1 saturated carbocycles. The number of unbranched alkanes of at least 4 members (excludes halogenated alkanes) is 1. The third-order valence-corrected chi connectivity index (χ3v) is 3.00. The lowest BCUT2D eigenvalue weighted by Crippen LogP contribution is -2.09. The zero-order valence-corrected chi connectivity index (χ0v) is 11.1. The highest BCUT2D eigenvalue weighted by atomic mass is 16.5. The number of aryl methyl sites for hydroxylation is 1. The highest BCUT2D eigenvalue weighted by Gasteiger charge is 2.22. The molecule has 0 spiro atoms. The second-order valence-electron chi connectivity index (χ2n) is 4.68. The number of ether oxygens (including phenoxy) is 2. The monoisotopic (exact) mass is 253 g/mol. The van der Waals surface area contributed by atoms with Crippen LogP contribution in [0, 0.1) is 0 Å². The van der Waals surface area contributed by atoms with Gasteiger partial charge in [-0.2, -0.15) is 0 Å². The third-order valence-electron chi connectivity index (χ3n) is 3.00. The zero-order valence-electron chi connectivity index (χ0n) is 11.1. The Kier molecular flexibility index (Phi) is 5.48. The molecule has 0 radical (unpaired) electrons. The van der Waals surface area contributed by atoms with E-state index in [9.17, 15) is 0 Å². The predicted octanol–water partition coefficient (Wildman–Crippen LogP) is 1.90. The quantitative estimate of drug-likeness (QED) is 0.647. The van der Waals surface area contributed by atoms with Gasteiger partial charge in [0.2, 0.25) is 5.95 Å². The largest absolute Gasteiger partial charge is 0.382 e. The first-order valence-electron chi connectivity index (χ1n) is 6.74. The minimum Gasteiger partial charge on any atom is -0.382 e. The number of aromatic nitrogens is 2. The van der Waals surface area contributed by atoms with Crippen LogP contribution in [0.25, 0.3) is 0 Å². The Balaban J connectivity index is 1.56. The van der Waals surface area contributed by atoms with E-state index >= 15 is 0 Å². The van der Waals surface area contributed by atoms with Crippen molar-refractivity contribution in [2.75, 3.05) is 32.2 Å². The molecule has 0 atom stereocenters. The molecule has 1 aliphatic carbocycles. The van der Waals surface area contributed by atoms with Crippen molar-refractivity contribution in [2.24, 2.45) is 0 Å². The molecule has 0 unspecified atom stereocenters. The van der Waals surface area contributed by atoms with Crippen LogP contribution in [0.2, 0.25) is 0 Å². The van der Waals surface area contributed by atoms with Crippen LogP contribution in [-0.2, 0) is 16.0 Å². The number of rotatable bonds is 10. The van der Waals surface area contributed by atoms with Crippen LogP contribution in [0.15, 0.2) is 12.4 Å². The van der Waals surface area contributed by atoms with Crippen molar-refractivity contribution in [1.29, 1.82) is 0 Å². The smallest absolute Gasteiger partial charge is 0.202 e. The molecule has 1 aliphatic rings. The van der Waals surface area contributed by atoms with Gasteiger partial charge >= 0.3 is 0 Å². The predicted molar refractivity (Wildman–Crippen MR) is 70.8 cm³/mol. The summed E-state index contributed by atoms with van der Waals surface area (Å²) in [5.41, 5.74) is 0. The Morgan fingerprint density at radius 2 is 2.22 bits per heavy atom. The Hall–Kier alpha value is -1.07. The number of nitrogens with one attached hydrogen (secondary N) is 1. The normalized spacial score (nSPS) is 14.9. The lowest BCUT2D eigenvalue weighted by atomic mass is 10.3. The number of anilines is 1. The van der Waals surface area contributed by atoms with Gasteiger partial charge in [-0.05, 0) is 25.7 Å². The van der Waals surface area contributed by atoms with Gasteiger partial charge in [0.05, 0.1) is 13.2 Å². The second-order valence-corrected chi connectivity index (χ2v) is 4.68. The summed E-state index contributed by atoms with van der Waals surface area (Å²) in [7, 11) is 1.69. The fourth-order valence-electron chi connectivity index (χ4n) is 1.77. The fraction of sp³-hybridized carbons (Fsp3) is 0.769. The van der Waals surface area contributed by atoms with E-state index in [-0.39, 0.29) is 0 Å². The molecule has 5 heteroatoms. The summed E-state index contributed by atoms with van der Waals surface area (Å²) in [6.45, 7) is 3.18. The molecule has 18 heavy (non-hydrogen) atoms. The third kappa shape index (κ3) is 4.66. The molecular formula is C13H23N3O2. The highest BCUT2D eigenvalue weighted by molar-refractivity contribution is 5.29. The molecule has 0 bridgehead atoms. The summed E-state index contributed by atoms with van der Waals surface area (Å²) in [6, 6.07) is 0.656. The topological polar surface area (TPSA) is 48.3 Å².